The number of nitrogens with zero attached hydrogens (tertiary/aromatic N) is 2. The molecule has 92 valence electrons. The molecule has 2 N–H and O–H groups in total. The van der Waals surface area contributed by atoms with Crippen molar-refractivity contribution in [3.05, 3.63) is 41.1 Å². The van der Waals surface area contributed by atoms with E-state index in [2.05, 4.69) is 34.2 Å². The molecule has 18 heavy (non-hydrogen) atoms. The van der Waals surface area contributed by atoms with Crippen LogP contribution in [0.4, 0.5) is 5.82 Å². The number of aryl methyl sites for hydroxylation is 1. The summed E-state index contributed by atoms with van der Waals surface area (Å²) < 4.78 is 0. The highest BCUT2D eigenvalue weighted by Crippen LogP contribution is 2.40. The van der Waals surface area contributed by atoms with E-state index < -0.39 is 0 Å². The second kappa shape index (κ2) is 4.09. The highest BCUT2D eigenvalue weighted by molar-refractivity contribution is 5.60. The number of rotatable bonds is 2. The van der Waals surface area contributed by atoms with E-state index in [1.165, 1.54) is 18.4 Å². The molecule has 1 aliphatic carbocycles. The summed E-state index contributed by atoms with van der Waals surface area (Å²) in [6, 6.07) is 8.51. The normalized spacial score (nSPS) is 14.8. The molecule has 0 atom stereocenters. The van der Waals surface area contributed by atoms with Gasteiger partial charge in [0.15, 0.2) is 5.82 Å². The summed E-state index contributed by atoms with van der Waals surface area (Å²) in [5.41, 5.74) is 10.3. The molecule has 3 heteroatoms. The van der Waals surface area contributed by atoms with Crippen molar-refractivity contribution < 1.29 is 0 Å². The summed E-state index contributed by atoms with van der Waals surface area (Å²) in [5.74, 6) is 2.06. The van der Waals surface area contributed by atoms with Crippen molar-refractivity contribution in [2.24, 2.45) is 0 Å². The standard InChI is InChI=1S/C15H17N3/c1-9-10(2)17-15(18-14(9)16)13-5-3-4-12(8-13)11-6-7-11/h3-5,8,11H,6-7H2,1-2H3,(H2,16,17,18). The molecule has 0 aliphatic heterocycles. The molecule has 3 nitrogen and oxygen atoms in total. The number of benzene rings is 1. The Hall–Kier alpha value is -1.90. The van der Waals surface area contributed by atoms with Crippen LogP contribution in [-0.4, -0.2) is 9.97 Å². The summed E-state index contributed by atoms with van der Waals surface area (Å²) >= 11 is 0. The Morgan fingerprint density at radius 3 is 2.61 bits per heavy atom. The van der Waals surface area contributed by atoms with Gasteiger partial charge in [-0.15, -0.1) is 0 Å². The van der Waals surface area contributed by atoms with Crippen LogP contribution in [0, 0.1) is 13.8 Å². The molecule has 0 amide bonds. The van der Waals surface area contributed by atoms with Crippen molar-refractivity contribution in [2.75, 3.05) is 5.73 Å². The van der Waals surface area contributed by atoms with E-state index in [1.54, 1.807) is 0 Å². The SMILES string of the molecule is Cc1nc(-c2cccc(C3CC3)c2)nc(N)c1C. The number of hydrogen-bond donors (Lipinski definition) is 1. The molecule has 1 aromatic heterocycles. The summed E-state index contributed by atoms with van der Waals surface area (Å²) in [4.78, 5) is 8.92. The van der Waals surface area contributed by atoms with Crippen LogP contribution < -0.4 is 5.73 Å². The number of nitrogens with two attached hydrogens (primary N) is 1. The van der Waals surface area contributed by atoms with Crippen molar-refractivity contribution in [3.8, 4) is 11.4 Å². The summed E-state index contributed by atoms with van der Waals surface area (Å²) in [5, 5.41) is 0. The van der Waals surface area contributed by atoms with E-state index in [4.69, 9.17) is 5.73 Å². The second-order valence-corrected chi connectivity index (χ2v) is 5.04. The zero-order valence-electron chi connectivity index (χ0n) is 10.8. The molecule has 0 spiro atoms. The Morgan fingerprint density at radius 2 is 1.94 bits per heavy atom. The molecular formula is C15H17N3. The van der Waals surface area contributed by atoms with Gasteiger partial charge in [-0.2, -0.15) is 0 Å². The van der Waals surface area contributed by atoms with E-state index >= 15 is 0 Å². The maximum absolute atomic E-state index is 5.92. The molecule has 1 heterocycles. The van der Waals surface area contributed by atoms with Crippen LogP contribution in [0.15, 0.2) is 24.3 Å². The van der Waals surface area contributed by atoms with Gasteiger partial charge in [-0.05, 0) is 44.2 Å². The molecule has 0 bridgehead atoms. The Labute approximate surface area is 107 Å². The Kier molecular flexibility index (Phi) is 2.54. The molecule has 1 fully saturated rings. The molecule has 0 saturated heterocycles. The minimum Gasteiger partial charge on any atom is -0.383 e. The van der Waals surface area contributed by atoms with Crippen LogP contribution in [-0.2, 0) is 0 Å². The van der Waals surface area contributed by atoms with Crippen LogP contribution in [0.1, 0.15) is 35.6 Å². The molecule has 0 radical (unpaired) electrons. The predicted octanol–water partition coefficient (Wildman–Crippen LogP) is 3.22. The third-order valence-corrected chi connectivity index (χ3v) is 3.62. The smallest absolute Gasteiger partial charge is 0.161 e. The average Bonchev–Trinajstić information content (AvgIpc) is 3.20. The molecule has 0 unspecified atom stereocenters. The molecular weight excluding hydrogens is 222 g/mol. The molecule has 2 aromatic rings. The van der Waals surface area contributed by atoms with Crippen molar-refractivity contribution in [3.63, 3.8) is 0 Å². The van der Waals surface area contributed by atoms with Gasteiger partial charge in [0.1, 0.15) is 5.82 Å². The van der Waals surface area contributed by atoms with Crippen molar-refractivity contribution in [1.82, 2.24) is 9.97 Å². The lowest BCUT2D eigenvalue weighted by Crippen LogP contribution is -2.02. The zero-order valence-corrected chi connectivity index (χ0v) is 10.8. The van der Waals surface area contributed by atoms with Gasteiger partial charge in [0.2, 0.25) is 0 Å². The third-order valence-electron chi connectivity index (χ3n) is 3.62. The lowest BCUT2D eigenvalue weighted by atomic mass is 10.1. The van der Waals surface area contributed by atoms with Crippen LogP contribution in [0.2, 0.25) is 0 Å². The van der Waals surface area contributed by atoms with Crippen LogP contribution in [0.5, 0.6) is 0 Å². The van der Waals surface area contributed by atoms with Gasteiger partial charge in [0.05, 0.1) is 0 Å². The molecule has 3 rings (SSSR count). The van der Waals surface area contributed by atoms with E-state index in [1.807, 2.05) is 13.8 Å². The maximum atomic E-state index is 5.92. The van der Waals surface area contributed by atoms with E-state index in [0.717, 1.165) is 28.6 Å². The number of anilines is 1. The number of nitrogen functional groups attached to an aromatic ring is 1. The van der Waals surface area contributed by atoms with E-state index in [0.29, 0.717) is 5.82 Å². The fourth-order valence-electron chi connectivity index (χ4n) is 2.13. The largest absolute Gasteiger partial charge is 0.383 e. The average molecular weight is 239 g/mol. The van der Waals surface area contributed by atoms with Gasteiger partial charge in [-0.25, -0.2) is 9.97 Å². The van der Waals surface area contributed by atoms with Crippen LogP contribution >= 0.6 is 0 Å². The van der Waals surface area contributed by atoms with Gasteiger partial charge >= 0.3 is 0 Å². The van der Waals surface area contributed by atoms with Gasteiger partial charge in [-0.1, -0.05) is 18.2 Å². The second-order valence-electron chi connectivity index (χ2n) is 5.04. The number of hydrogen-bond acceptors (Lipinski definition) is 3. The Bertz CT molecular complexity index is 577. The van der Waals surface area contributed by atoms with Crippen LogP contribution in [0.3, 0.4) is 0 Å². The first kappa shape index (κ1) is 11.2. The van der Waals surface area contributed by atoms with Gasteiger partial charge in [-0.3, -0.25) is 0 Å². The van der Waals surface area contributed by atoms with Gasteiger partial charge < -0.3 is 5.73 Å². The molecule has 1 saturated carbocycles. The van der Waals surface area contributed by atoms with E-state index in [-0.39, 0.29) is 0 Å². The monoisotopic (exact) mass is 239 g/mol. The van der Waals surface area contributed by atoms with Crippen molar-refractivity contribution in [2.45, 2.75) is 32.6 Å². The molecule has 1 aliphatic rings. The summed E-state index contributed by atoms with van der Waals surface area (Å²) in [7, 11) is 0. The highest BCUT2D eigenvalue weighted by Gasteiger charge is 2.23. The summed E-state index contributed by atoms with van der Waals surface area (Å²) in [6.45, 7) is 3.93. The quantitative estimate of drug-likeness (QED) is 0.875. The van der Waals surface area contributed by atoms with Gasteiger partial charge in [0.25, 0.3) is 0 Å². The highest BCUT2D eigenvalue weighted by atomic mass is 15.0. The number of aromatic nitrogens is 2. The fourth-order valence-corrected chi connectivity index (χ4v) is 2.13. The molecule has 1 aromatic carbocycles. The zero-order chi connectivity index (χ0) is 12.7. The first-order valence-corrected chi connectivity index (χ1v) is 6.36. The topological polar surface area (TPSA) is 51.8 Å². The predicted molar refractivity (Wildman–Crippen MR) is 73.3 cm³/mol. The Morgan fingerprint density at radius 1 is 1.17 bits per heavy atom. The first-order valence-electron chi connectivity index (χ1n) is 6.36. The minimum absolute atomic E-state index is 0.578. The van der Waals surface area contributed by atoms with Crippen LogP contribution in [0.25, 0.3) is 11.4 Å². The lowest BCUT2D eigenvalue weighted by molar-refractivity contribution is 1.07. The lowest BCUT2D eigenvalue weighted by Gasteiger charge is -2.08. The first-order chi connectivity index (χ1) is 8.65. The Balaban J connectivity index is 2.06. The van der Waals surface area contributed by atoms with Crippen molar-refractivity contribution in [1.29, 1.82) is 0 Å². The van der Waals surface area contributed by atoms with Gasteiger partial charge in [0, 0.05) is 16.8 Å². The maximum Gasteiger partial charge on any atom is 0.161 e. The van der Waals surface area contributed by atoms with E-state index in [9.17, 15) is 0 Å². The third kappa shape index (κ3) is 1.96. The summed E-state index contributed by atoms with van der Waals surface area (Å²) in [6.07, 6.45) is 2.61. The van der Waals surface area contributed by atoms with Crippen molar-refractivity contribution >= 4 is 5.82 Å². The fraction of sp³-hybridized carbons (Fsp3) is 0.333. The minimum atomic E-state index is 0.578.